The first-order valence-corrected chi connectivity index (χ1v) is 8.67. The van der Waals surface area contributed by atoms with Crippen molar-refractivity contribution in [1.82, 2.24) is 4.90 Å². The van der Waals surface area contributed by atoms with Crippen LogP contribution in [-0.4, -0.2) is 29.7 Å². The van der Waals surface area contributed by atoms with Crippen LogP contribution >= 0.6 is 11.3 Å². The van der Waals surface area contributed by atoms with E-state index in [1.54, 1.807) is 4.90 Å². The molecule has 1 aliphatic rings. The number of aryl methyl sites for hydroxylation is 1. The van der Waals surface area contributed by atoms with Crippen molar-refractivity contribution in [2.24, 2.45) is 0 Å². The van der Waals surface area contributed by atoms with Crippen molar-refractivity contribution in [3.05, 3.63) is 21.4 Å². The highest BCUT2D eigenvalue weighted by molar-refractivity contribution is 7.10. The van der Waals surface area contributed by atoms with E-state index >= 15 is 0 Å². The van der Waals surface area contributed by atoms with Crippen LogP contribution < -0.4 is 0 Å². The molecule has 1 aromatic rings. The highest BCUT2D eigenvalue weighted by Crippen LogP contribution is 2.31. The Balaban J connectivity index is 0.00000106. The molecule has 1 heterocycles. The zero-order valence-electron chi connectivity index (χ0n) is 14.4. The van der Waals surface area contributed by atoms with Crippen molar-refractivity contribution < 1.29 is 9.53 Å². The Morgan fingerprint density at radius 3 is 2.57 bits per heavy atom. The maximum absolute atomic E-state index is 12.1. The maximum Gasteiger partial charge on any atom is 0.410 e. The first-order chi connectivity index (χ1) is 9.78. The van der Waals surface area contributed by atoms with Crippen LogP contribution in [0.25, 0.3) is 0 Å². The minimum absolute atomic E-state index is 0.215. The molecule has 0 bridgehead atoms. The van der Waals surface area contributed by atoms with Crippen LogP contribution in [0, 0.1) is 6.92 Å². The van der Waals surface area contributed by atoms with E-state index in [-0.39, 0.29) is 12.1 Å². The largest absolute Gasteiger partial charge is 0.444 e. The van der Waals surface area contributed by atoms with Crippen LogP contribution in [0.3, 0.4) is 0 Å². The van der Waals surface area contributed by atoms with Gasteiger partial charge in [-0.3, -0.25) is 0 Å². The predicted molar refractivity (Wildman–Crippen MR) is 90.2 cm³/mol. The number of fused-ring (bicyclic) bond motifs is 1. The predicted octanol–water partition coefficient (Wildman–Crippen LogP) is 4.81. The number of rotatable bonds is 1. The van der Waals surface area contributed by atoms with Crippen molar-refractivity contribution in [1.29, 1.82) is 0 Å². The number of carbonyl (C=O) groups excluding carboxylic acids is 1. The van der Waals surface area contributed by atoms with Crippen LogP contribution in [0.2, 0.25) is 0 Å². The first-order valence-electron chi connectivity index (χ1n) is 7.79. The molecule has 1 unspecified atom stereocenters. The SMILES string of the molecule is CC.Cc1scc2c1CCC(N(C)C(=O)OC(C)(C)C)C2. The van der Waals surface area contributed by atoms with Crippen molar-refractivity contribution in [2.75, 3.05) is 7.05 Å². The Morgan fingerprint density at radius 2 is 2.00 bits per heavy atom. The molecule has 2 rings (SSSR count). The number of hydrogen-bond acceptors (Lipinski definition) is 3. The van der Waals surface area contributed by atoms with Crippen molar-refractivity contribution >= 4 is 17.4 Å². The number of hydrogen-bond donors (Lipinski definition) is 0. The minimum atomic E-state index is -0.426. The average Bonchev–Trinajstić information content (AvgIpc) is 2.79. The summed E-state index contributed by atoms with van der Waals surface area (Å²) in [6, 6.07) is 0.261. The number of ether oxygens (including phenoxy) is 1. The smallest absolute Gasteiger partial charge is 0.410 e. The van der Waals surface area contributed by atoms with Gasteiger partial charge in [-0.2, -0.15) is 0 Å². The monoisotopic (exact) mass is 311 g/mol. The Kier molecular flexibility index (Phi) is 6.26. The van der Waals surface area contributed by atoms with Gasteiger partial charge in [-0.05, 0) is 63.5 Å². The Hall–Kier alpha value is -1.03. The molecule has 3 nitrogen and oxygen atoms in total. The fraction of sp³-hybridized carbons (Fsp3) is 0.706. The lowest BCUT2D eigenvalue weighted by Crippen LogP contribution is -2.43. The van der Waals surface area contributed by atoms with Crippen LogP contribution in [0.5, 0.6) is 0 Å². The third-order valence-electron chi connectivity index (χ3n) is 3.60. The summed E-state index contributed by atoms with van der Waals surface area (Å²) in [6.45, 7) is 11.9. The van der Waals surface area contributed by atoms with E-state index in [1.807, 2.05) is 53.0 Å². The Labute approximate surface area is 133 Å². The maximum atomic E-state index is 12.1. The second kappa shape index (κ2) is 7.30. The van der Waals surface area contributed by atoms with Crippen LogP contribution in [-0.2, 0) is 17.6 Å². The molecule has 0 aromatic carbocycles. The summed E-state index contributed by atoms with van der Waals surface area (Å²) in [5.74, 6) is 0. The molecule has 0 aliphatic heterocycles. The number of thiophene rings is 1. The molecule has 1 aromatic heterocycles. The molecule has 1 amide bonds. The summed E-state index contributed by atoms with van der Waals surface area (Å²) in [6.07, 6.45) is 2.84. The highest BCUT2D eigenvalue weighted by atomic mass is 32.1. The zero-order chi connectivity index (χ0) is 16.2. The number of amides is 1. The average molecular weight is 311 g/mol. The van der Waals surface area contributed by atoms with Gasteiger partial charge in [0.05, 0.1) is 0 Å². The Morgan fingerprint density at radius 1 is 1.38 bits per heavy atom. The van der Waals surface area contributed by atoms with Gasteiger partial charge in [-0.15, -0.1) is 11.3 Å². The fourth-order valence-electron chi connectivity index (χ4n) is 2.52. The van der Waals surface area contributed by atoms with Crippen molar-refractivity contribution in [3.63, 3.8) is 0 Å². The zero-order valence-corrected chi connectivity index (χ0v) is 15.3. The molecule has 0 spiro atoms. The topological polar surface area (TPSA) is 29.5 Å². The summed E-state index contributed by atoms with van der Waals surface area (Å²) < 4.78 is 5.44. The van der Waals surface area contributed by atoms with E-state index < -0.39 is 5.60 Å². The molecule has 0 saturated carbocycles. The molecule has 0 N–H and O–H groups in total. The van der Waals surface area contributed by atoms with Crippen LogP contribution in [0.4, 0.5) is 4.79 Å². The van der Waals surface area contributed by atoms with Gasteiger partial charge in [0.15, 0.2) is 0 Å². The summed E-state index contributed by atoms with van der Waals surface area (Å²) in [4.78, 5) is 15.3. The van der Waals surface area contributed by atoms with E-state index in [0.29, 0.717) is 0 Å². The number of carbonyl (C=O) groups is 1. The second-order valence-corrected chi connectivity index (χ2v) is 7.37. The quantitative estimate of drug-likeness (QED) is 0.745. The molecule has 0 radical (unpaired) electrons. The molecule has 120 valence electrons. The van der Waals surface area contributed by atoms with E-state index in [1.165, 1.54) is 16.0 Å². The summed E-state index contributed by atoms with van der Waals surface area (Å²) in [5.41, 5.74) is 2.48. The van der Waals surface area contributed by atoms with Gasteiger partial charge in [0.2, 0.25) is 0 Å². The lowest BCUT2D eigenvalue weighted by molar-refractivity contribution is 0.0210. The van der Waals surface area contributed by atoms with Gasteiger partial charge in [0, 0.05) is 18.0 Å². The molecule has 0 fully saturated rings. The lowest BCUT2D eigenvalue weighted by Gasteiger charge is -2.33. The Bertz CT molecular complexity index is 474. The van der Waals surface area contributed by atoms with Gasteiger partial charge in [-0.25, -0.2) is 4.79 Å². The molecule has 4 heteroatoms. The van der Waals surface area contributed by atoms with E-state index in [0.717, 1.165) is 19.3 Å². The van der Waals surface area contributed by atoms with Gasteiger partial charge >= 0.3 is 6.09 Å². The second-order valence-electron chi connectivity index (χ2n) is 6.28. The fourth-order valence-corrected chi connectivity index (χ4v) is 3.45. The van der Waals surface area contributed by atoms with Crippen LogP contribution in [0.1, 0.15) is 57.0 Å². The van der Waals surface area contributed by atoms with E-state index in [9.17, 15) is 4.79 Å². The molecule has 1 atom stereocenters. The third kappa shape index (κ3) is 4.73. The van der Waals surface area contributed by atoms with Crippen LogP contribution in [0.15, 0.2) is 5.38 Å². The summed E-state index contributed by atoms with van der Waals surface area (Å²) in [7, 11) is 1.85. The van der Waals surface area contributed by atoms with Crippen molar-refractivity contribution in [3.8, 4) is 0 Å². The highest BCUT2D eigenvalue weighted by Gasteiger charge is 2.29. The summed E-state index contributed by atoms with van der Waals surface area (Å²) in [5, 5.41) is 2.24. The van der Waals surface area contributed by atoms with Gasteiger partial charge in [0.1, 0.15) is 5.60 Å². The minimum Gasteiger partial charge on any atom is -0.444 e. The summed E-state index contributed by atoms with van der Waals surface area (Å²) >= 11 is 1.82. The molecule has 1 aliphatic carbocycles. The third-order valence-corrected chi connectivity index (χ3v) is 4.61. The molecule has 21 heavy (non-hydrogen) atoms. The normalized spacial score (nSPS) is 17.4. The molecule has 0 saturated heterocycles. The van der Waals surface area contributed by atoms with E-state index in [4.69, 9.17) is 4.74 Å². The van der Waals surface area contributed by atoms with E-state index in [2.05, 4.69) is 12.3 Å². The molecular formula is C17H29NO2S. The van der Waals surface area contributed by atoms with Crippen molar-refractivity contribution in [2.45, 2.75) is 72.4 Å². The van der Waals surface area contributed by atoms with Gasteiger partial charge in [0.25, 0.3) is 0 Å². The van der Waals surface area contributed by atoms with Gasteiger partial charge < -0.3 is 9.64 Å². The number of nitrogens with zero attached hydrogens (tertiary/aromatic N) is 1. The molecular weight excluding hydrogens is 282 g/mol. The lowest BCUT2D eigenvalue weighted by atomic mass is 9.89. The standard InChI is InChI=1S/C15H23NO2S.C2H6/c1-10-13-7-6-12(8-11(13)9-19-10)16(5)14(17)18-15(2,3)4;1-2/h9,12H,6-8H2,1-5H3;1-2H3. The number of likely N-dealkylation sites (N-methyl/N-ethyl adjacent to an activating group) is 1. The van der Waals surface area contributed by atoms with Gasteiger partial charge in [-0.1, -0.05) is 13.8 Å². The first kappa shape index (κ1) is 18.0.